The number of hydrogen-bond donors (Lipinski definition) is 1. The van der Waals surface area contributed by atoms with Gasteiger partial charge in [0.25, 0.3) is 0 Å². The fourth-order valence-corrected chi connectivity index (χ4v) is 3.77. The summed E-state index contributed by atoms with van der Waals surface area (Å²) in [6, 6.07) is 5.89. The minimum absolute atomic E-state index is 0.710. The van der Waals surface area contributed by atoms with Gasteiger partial charge in [0.05, 0.1) is 0 Å². The molecule has 1 saturated heterocycles. The molecular formula is C16H28N2S. The Morgan fingerprint density at radius 1 is 1.32 bits per heavy atom. The van der Waals surface area contributed by atoms with Crippen LogP contribution in [0.2, 0.25) is 0 Å². The van der Waals surface area contributed by atoms with E-state index in [2.05, 4.69) is 41.6 Å². The molecule has 0 radical (unpaired) electrons. The number of hydrogen-bond acceptors (Lipinski definition) is 3. The SMILES string of the molecule is CCCC1CN(CCc2cccs2)C(CCC)CN1. The third kappa shape index (κ3) is 4.59. The lowest BCUT2D eigenvalue weighted by Gasteiger charge is -2.40. The maximum Gasteiger partial charge on any atom is 0.0221 e. The standard InChI is InChI=1S/C16H28N2S/c1-3-6-14-13-18(15(7-4-2)12-17-14)10-9-16-8-5-11-19-16/h5,8,11,14-15,17H,3-4,6-7,9-10,12-13H2,1-2H3. The highest BCUT2D eigenvalue weighted by Gasteiger charge is 2.26. The van der Waals surface area contributed by atoms with Crippen LogP contribution in [0, 0.1) is 0 Å². The summed E-state index contributed by atoms with van der Waals surface area (Å²) in [4.78, 5) is 4.26. The fourth-order valence-electron chi connectivity index (χ4n) is 3.07. The van der Waals surface area contributed by atoms with Crippen molar-refractivity contribution in [2.75, 3.05) is 19.6 Å². The number of rotatable bonds is 7. The molecule has 0 aromatic carbocycles. The molecule has 1 aliphatic rings. The van der Waals surface area contributed by atoms with Crippen molar-refractivity contribution in [1.82, 2.24) is 10.2 Å². The van der Waals surface area contributed by atoms with E-state index < -0.39 is 0 Å². The first-order valence-corrected chi connectivity index (χ1v) is 8.71. The van der Waals surface area contributed by atoms with E-state index in [9.17, 15) is 0 Å². The largest absolute Gasteiger partial charge is 0.311 e. The Morgan fingerprint density at radius 3 is 2.84 bits per heavy atom. The molecule has 1 N–H and O–H groups in total. The monoisotopic (exact) mass is 280 g/mol. The lowest BCUT2D eigenvalue weighted by molar-refractivity contribution is 0.121. The van der Waals surface area contributed by atoms with Gasteiger partial charge in [-0.25, -0.2) is 0 Å². The Kier molecular flexibility index (Phi) is 6.35. The quantitative estimate of drug-likeness (QED) is 0.822. The molecular weight excluding hydrogens is 252 g/mol. The predicted molar refractivity (Wildman–Crippen MR) is 85.0 cm³/mol. The zero-order chi connectivity index (χ0) is 13.5. The molecule has 1 fully saturated rings. The molecule has 19 heavy (non-hydrogen) atoms. The molecule has 1 aromatic heterocycles. The van der Waals surface area contributed by atoms with Crippen LogP contribution in [-0.4, -0.2) is 36.6 Å². The van der Waals surface area contributed by atoms with Crippen LogP contribution in [0.5, 0.6) is 0 Å². The summed E-state index contributed by atoms with van der Waals surface area (Å²) in [7, 11) is 0. The van der Waals surface area contributed by atoms with Gasteiger partial charge >= 0.3 is 0 Å². The normalized spacial score (nSPS) is 24.7. The molecule has 1 aliphatic heterocycles. The first-order valence-electron chi connectivity index (χ1n) is 7.83. The number of nitrogens with one attached hydrogen (secondary N) is 1. The predicted octanol–water partition coefficient (Wildman–Crippen LogP) is 3.53. The van der Waals surface area contributed by atoms with Gasteiger partial charge in [-0.1, -0.05) is 32.8 Å². The van der Waals surface area contributed by atoms with Crippen LogP contribution in [0.1, 0.15) is 44.4 Å². The molecule has 2 rings (SSSR count). The Balaban J connectivity index is 1.87. The van der Waals surface area contributed by atoms with Gasteiger partial charge in [-0.3, -0.25) is 4.90 Å². The summed E-state index contributed by atoms with van der Waals surface area (Å²) >= 11 is 1.89. The van der Waals surface area contributed by atoms with Crippen molar-refractivity contribution in [2.45, 2.75) is 58.0 Å². The molecule has 0 aliphatic carbocycles. The average molecular weight is 280 g/mol. The van der Waals surface area contributed by atoms with Crippen LogP contribution in [0.25, 0.3) is 0 Å². The van der Waals surface area contributed by atoms with E-state index in [1.165, 1.54) is 56.6 Å². The molecule has 0 bridgehead atoms. The molecule has 0 amide bonds. The van der Waals surface area contributed by atoms with Crippen molar-refractivity contribution in [3.63, 3.8) is 0 Å². The van der Waals surface area contributed by atoms with E-state index in [1.807, 2.05) is 11.3 Å². The highest BCUT2D eigenvalue weighted by atomic mass is 32.1. The lowest BCUT2D eigenvalue weighted by Crippen LogP contribution is -2.56. The molecule has 108 valence electrons. The van der Waals surface area contributed by atoms with Crippen LogP contribution < -0.4 is 5.32 Å². The summed E-state index contributed by atoms with van der Waals surface area (Å²) in [6.45, 7) is 8.24. The third-order valence-electron chi connectivity index (χ3n) is 4.10. The molecule has 2 unspecified atom stereocenters. The van der Waals surface area contributed by atoms with Gasteiger partial charge in [0.1, 0.15) is 0 Å². The highest BCUT2D eigenvalue weighted by molar-refractivity contribution is 7.09. The van der Waals surface area contributed by atoms with E-state index in [0.717, 1.165) is 6.04 Å². The van der Waals surface area contributed by atoms with Gasteiger partial charge in [0.2, 0.25) is 0 Å². The van der Waals surface area contributed by atoms with Crippen molar-refractivity contribution in [3.8, 4) is 0 Å². The fraction of sp³-hybridized carbons (Fsp3) is 0.750. The Bertz CT molecular complexity index is 337. The minimum atomic E-state index is 0.710. The van der Waals surface area contributed by atoms with Crippen LogP contribution >= 0.6 is 11.3 Å². The smallest absolute Gasteiger partial charge is 0.0221 e. The molecule has 2 heterocycles. The third-order valence-corrected chi connectivity index (χ3v) is 5.03. The van der Waals surface area contributed by atoms with Gasteiger partial charge in [-0.2, -0.15) is 0 Å². The molecule has 0 saturated carbocycles. The second kappa shape index (κ2) is 8.03. The van der Waals surface area contributed by atoms with Crippen LogP contribution in [0.15, 0.2) is 17.5 Å². The summed E-state index contributed by atoms with van der Waals surface area (Å²) in [6.07, 6.45) is 6.44. The zero-order valence-electron chi connectivity index (χ0n) is 12.4. The number of nitrogens with zero attached hydrogens (tertiary/aromatic N) is 1. The molecule has 1 aromatic rings. The number of thiophene rings is 1. The Morgan fingerprint density at radius 2 is 2.16 bits per heavy atom. The second-order valence-electron chi connectivity index (χ2n) is 5.66. The van der Waals surface area contributed by atoms with Crippen molar-refractivity contribution in [3.05, 3.63) is 22.4 Å². The summed E-state index contributed by atoms with van der Waals surface area (Å²) < 4.78 is 0. The molecule has 0 spiro atoms. The van der Waals surface area contributed by atoms with Crippen molar-refractivity contribution < 1.29 is 0 Å². The van der Waals surface area contributed by atoms with Crippen molar-refractivity contribution in [1.29, 1.82) is 0 Å². The Labute approximate surface area is 122 Å². The van der Waals surface area contributed by atoms with Crippen molar-refractivity contribution in [2.24, 2.45) is 0 Å². The van der Waals surface area contributed by atoms with Crippen LogP contribution in [-0.2, 0) is 6.42 Å². The van der Waals surface area contributed by atoms with Gasteiger partial charge < -0.3 is 5.32 Å². The summed E-state index contributed by atoms with van der Waals surface area (Å²) in [5, 5.41) is 5.93. The van der Waals surface area contributed by atoms with E-state index >= 15 is 0 Å². The number of piperazine rings is 1. The molecule has 2 atom stereocenters. The molecule has 2 nitrogen and oxygen atoms in total. The summed E-state index contributed by atoms with van der Waals surface area (Å²) in [5.41, 5.74) is 0. The lowest BCUT2D eigenvalue weighted by atomic mass is 10.0. The van der Waals surface area contributed by atoms with Crippen LogP contribution in [0.3, 0.4) is 0 Å². The maximum atomic E-state index is 3.74. The molecule has 3 heteroatoms. The first kappa shape index (κ1) is 15.0. The maximum absolute atomic E-state index is 3.74. The topological polar surface area (TPSA) is 15.3 Å². The van der Waals surface area contributed by atoms with E-state index in [-0.39, 0.29) is 0 Å². The van der Waals surface area contributed by atoms with E-state index in [0.29, 0.717) is 6.04 Å². The minimum Gasteiger partial charge on any atom is -0.311 e. The zero-order valence-corrected chi connectivity index (χ0v) is 13.2. The van der Waals surface area contributed by atoms with Gasteiger partial charge in [0.15, 0.2) is 0 Å². The van der Waals surface area contributed by atoms with Gasteiger partial charge in [-0.05, 0) is 30.7 Å². The van der Waals surface area contributed by atoms with E-state index in [4.69, 9.17) is 0 Å². The Hall–Kier alpha value is -0.380. The summed E-state index contributed by atoms with van der Waals surface area (Å²) in [5.74, 6) is 0. The van der Waals surface area contributed by atoms with Crippen LogP contribution in [0.4, 0.5) is 0 Å². The van der Waals surface area contributed by atoms with E-state index in [1.54, 1.807) is 0 Å². The second-order valence-corrected chi connectivity index (χ2v) is 6.69. The van der Waals surface area contributed by atoms with Crippen molar-refractivity contribution >= 4 is 11.3 Å². The van der Waals surface area contributed by atoms with Gasteiger partial charge in [0, 0.05) is 36.6 Å². The average Bonchev–Trinajstić information content (AvgIpc) is 2.92. The highest BCUT2D eigenvalue weighted by Crippen LogP contribution is 2.17. The van der Waals surface area contributed by atoms with Gasteiger partial charge in [-0.15, -0.1) is 11.3 Å². The first-order chi connectivity index (χ1) is 9.33.